The molecule has 0 saturated carbocycles. The largest absolute Gasteiger partial charge is 0.340 e. The summed E-state index contributed by atoms with van der Waals surface area (Å²) in [6, 6.07) is 26.6. The summed E-state index contributed by atoms with van der Waals surface area (Å²) in [5, 5.41) is 4.48. The number of nitrogens with one attached hydrogen (secondary N) is 1. The van der Waals surface area contributed by atoms with Crippen molar-refractivity contribution in [1.29, 1.82) is 0 Å². The first-order valence-corrected chi connectivity index (χ1v) is 10.7. The molecule has 0 aliphatic rings. The monoisotopic (exact) mass is 396 g/mol. The standard InChI is InChI=1S/C27H28N2O/c1-4-20-16-17-24-23(18-20)19(3)26(29(24)5-2)27(30)28-25(21-12-8-6-9-13-21)22-14-10-7-11-15-22/h6-18,25H,4-5H2,1-3H3,(H,28,30). The van der Waals surface area contributed by atoms with Crippen LogP contribution >= 0.6 is 0 Å². The highest BCUT2D eigenvalue weighted by atomic mass is 16.2. The lowest BCUT2D eigenvalue weighted by Crippen LogP contribution is -2.31. The van der Waals surface area contributed by atoms with Crippen LogP contribution in [0, 0.1) is 6.92 Å². The van der Waals surface area contributed by atoms with Crippen LogP contribution in [-0.2, 0) is 13.0 Å². The molecule has 4 aromatic rings. The van der Waals surface area contributed by atoms with Crippen LogP contribution in [0.1, 0.15) is 52.6 Å². The number of carbonyl (C=O) groups excluding carboxylic acids is 1. The quantitative estimate of drug-likeness (QED) is 0.423. The summed E-state index contributed by atoms with van der Waals surface area (Å²) in [5.74, 6) is -0.0405. The molecule has 3 nitrogen and oxygen atoms in total. The van der Waals surface area contributed by atoms with Crippen molar-refractivity contribution in [2.24, 2.45) is 0 Å². The van der Waals surface area contributed by atoms with Crippen LogP contribution in [0.15, 0.2) is 78.9 Å². The Hall–Kier alpha value is -3.33. The Morgan fingerprint density at radius 3 is 2.03 bits per heavy atom. The van der Waals surface area contributed by atoms with Crippen molar-refractivity contribution >= 4 is 16.8 Å². The molecule has 1 amide bonds. The molecule has 3 aromatic carbocycles. The summed E-state index contributed by atoms with van der Waals surface area (Å²) >= 11 is 0. The van der Waals surface area contributed by atoms with Crippen molar-refractivity contribution in [3.63, 3.8) is 0 Å². The van der Waals surface area contributed by atoms with Crippen LogP contribution in [0.25, 0.3) is 10.9 Å². The lowest BCUT2D eigenvalue weighted by molar-refractivity contribution is 0.0933. The molecule has 0 spiro atoms. The molecule has 0 aliphatic carbocycles. The zero-order valence-electron chi connectivity index (χ0n) is 17.9. The minimum atomic E-state index is -0.200. The molecule has 30 heavy (non-hydrogen) atoms. The number of hydrogen-bond acceptors (Lipinski definition) is 1. The van der Waals surface area contributed by atoms with E-state index in [0.717, 1.165) is 46.3 Å². The Bertz CT molecular complexity index is 1120. The second kappa shape index (κ2) is 8.58. The van der Waals surface area contributed by atoms with Gasteiger partial charge in [0.05, 0.1) is 6.04 Å². The summed E-state index contributed by atoms with van der Waals surface area (Å²) in [7, 11) is 0. The lowest BCUT2D eigenvalue weighted by atomic mass is 9.98. The third kappa shape index (κ3) is 3.63. The SMILES string of the molecule is CCc1ccc2c(c1)c(C)c(C(=O)NC(c1ccccc1)c1ccccc1)n2CC. The van der Waals surface area contributed by atoms with Crippen LogP contribution < -0.4 is 5.32 Å². The predicted octanol–water partition coefficient (Wildman–Crippen LogP) is 6.05. The van der Waals surface area contributed by atoms with Crippen molar-refractivity contribution < 1.29 is 4.79 Å². The molecule has 0 radical (unpaired) electrons. The van der Waals surface area contributed by atoms with Gasteiger partial charge < -0.3 is 9.88 Å². The normalized spacial score (nSPS) is 11.2. The molecule has 0 bridgehead atoms. The van der Waals surface area contributed by atoms with Gasteiger partial charge in [-0.25, -0.2) is 0 Å². The smallest absolute Gasteiger partial charge is 0.268 e. The van der Waals surface area contributed by atoms with Gasteiger partial charge in [0.2, 0.25) is 0 Å². The first kappa shape index (κ1) is 20.0. The molecule has 1 aromatic heterocycles. The zero-order valence-corrected chi connectivity index (χ0v) is 17.9. The van der Waals surface area contributed by atoms with E-state index in [4.69, 9.17) is 0 Å². The second-order valence-electron chi connectivity index (χ2n) is 7.65. The van der Waals surface area contributed by atoms with Crippen LogP contribution in [-0.4, -0.2) is 10.5 Å². The number of aryl methyl sites for hydroxylation is 3. The van der Waals surface area contributed by atoms with E-state index < -0.39 is 0 Å². The molecule has 4 rings (SSSR count). The number of aromatic nitrogens is 1. The van der Waals surface area contributed by atoms with Gasteiger partial charge in [-0.1, -0.05) is 73.7 Å². The number of fused-ring (bicyclic) bond motifs is 1. The van der Waals surface area contributed by atoms with E-state index in [-0.39, 0.29) is 11.9 Å². The molecule has 0 fully saturated rings. The van der Waals surface area contributed by atoms with Crippen LogP contribution in [0.3, 0.4) is 0 Å². The predicted molar refractivity (Wildman–Crippen MR) is 124 cm³/mol. The van der Waals surface area contributed by atoms with Crippen molar-refractivity contribution in [1.82, 2.24) is 9.88 Å². The Morgan fingerprint density at radius 2 is 1.50 bits per heavy atom. The zero-order chi connectivity index (χ0) is 21.1. The Morgan fingerprint density at radius 1 is 0.900 bits per heavy atom. The lowest BCUT2D eigenvalue weighted by Gasteiger charge is -2.21. The van der Waals surface area contributed by atoms with Gasteiger partial charge in [-0.15, -0.1) is 0 Å². The Labute approximate surface area is 178 Å². The number of rotatable bonds is 6. The molecular weight excluding hydrogens is 368 g/mol. The van der Waals surface area contributed by atoms with Crippen LogP contribution in [0.5, 0.6) is 0 Å². The van der Waals surface area contributed by atoms with Gasteiger partial charge in [0.1, 0.15) is 5.69 Å². The van der Waals surface area contributed by atoms with Gasteiger partial charge >= 0.3 is 0 Å². The number of amides is 1. The summed E-state index contributed by atoms with van der Waals surface area (Å²) in [4.78, 5) is 13.6. The van der Waals surface area contributed by atoms with Crippen molar-refractivity contribution in [2.75, 3.05) is 0 Å². The summed E-state index contributed by atoms with van der Waals surface area (Å²) < 4.78 is 2.13. The number of benzene rings is 3. The van der Waals surface area contributed by atoms with E-state index in [2.05, 4.69) is 73.1 Å². The number of nitrogens with zero attached hydrogens (tertiary/aromatic N) is 1. The van der Waals surface area contributed by atoms with Gasteiger partial charge in [-0.3, -0.25) is 4.79 Å². The van der Waals surface area contributed by atoms with Crippen molar-refractivity contribution in [2.45, 2.75) is 39.8 Å². The minimum absolute atomic E-state index is 0.0405. The third-order valence-electron chi connectivity index (χ3n) is 5.86. The fourth-order valence-corrected chi connectivity index (χ4v) is 4.26. The second-order valence-corrected chi connectivity index (χ2v) is 7.65. The van der Waals surface area contributed by atoms with Gasteiger partial charge in [0.15, 0.2) is 0 Å². The summed E-state index contributed by atoms with van der Waals surface area (Å²) in [6.45, 7) is 7.06. The maximum Gasteiger partial charge on any atom is 0.268 e. The van der Waals surface area contributed by atoms with Crippen molar-refractivity contribution in [3.05, 3.63) is 107 Å². The first-order chi connectivity index (χ1) is 14.6. The highest BCUT2D eigenvalue weighted by Crippen LogP contribution is 2.29. The fraction of sp³-hybridized carbons (Fsp3) is 0.222. The topological polar surface area (TPSA) is 34.0 Å². The molecule has 0 aliphatic heterocycles. The van der Waals surface area contributed by atoms with E-state index >= 15 is 0 Å². The molecule has 1 N–H and O–H groups in total. The van der Waals surface area contributed by atoms with E-state index in [1.54, 1.807) is 0 Å². The van der Waals surface area contributed by atoms with Crippen LogP contribution in [0.4, 0.5) is 0 Å². The van der Waals surface area contributed by atoms with E-state index in [1.165, 1.54) is 5.56 Å². The fourth-order valence-electron chi connectivity index (χ4n) is 4.26. The van der Waals surface area contributed by atoms with Crippen LogP contribution in [0.2, 0.25) is 0 Å². The average molecular weight is 397 g/mol. The maximum atomic E-state index is 13.6. The molecule has 152 valence electrons. The van der Waals surface area contributed by atoms with Gasteiger partial charge in [-0.05, 0) is 54.7 Å². The molecule has 0 atom stereocenters. The average Bonchev–Trinajstić information content (AvgIpc) is 3.09. The molecule has 0 saturated heterocycles. The van der Waals surface area contributed by atoms with E-state index in [1.807, 2.05) is 36.4 Å². The van der Waals surface area contributed by atoms with Gasteiger partial charge in [-0.2, -0.15) is 0 Å². The van der Waals surface area contributed by atoms with E-state index in [9.17, 15) is 4.79 Å². The summed E-state index contributed by atoms with van der Waals surface area (Å²) in [5.41, 5.74) is 6.34. The number of hydrogen-bond donors (Lipinski definition) is 1. The molecule has 3 heteroatoms. The first-order valence-electron chi connectivity index (χ1n) is 10.7. The van der Waals surface area contributed by atoms with Gasteiger partial charge in [0.25, 0.3) is 5.91 Å². The third-order valence-corrected chi connectivity index (χ3v) is 5.86. The molecular formula is C27H28N2O. The summed E-state index contributed by atoms with van der Waals surface area (Å²) in [6.07, 6.45) is 0.984. The van der Waals surface area contributed by atoms with Crippen molar-refractivity contribution in [3.8, 4) is 0 Å². The Kier molecular flexibility index (Phi) is 5.71. The molecule has 1 heterocycles. The van der Waals surface area contributed by atoms with Gasteiger partial charge in [0, 0.05) is 17.4 Å². The maximum absolute atomic E-state index is 13.6. The van der Waals surface area contributed by atoms with E-state index in [0.29, 0.717) is 0 Å². The molecule has 0 unspecified atom stereocenters. The minimum Gasteiger partial charge on any atom is -0.340 e. The Balaban J connectivity index is 1.78. The highest BCUT2D eigenvalue weighted by molar-refractivity contribution is 6.02. The number of carbonyl (C=O) groups is 1. The highest BCUT2D eigenvalue weighted by Gasteiger charge is 2.23.